The van der Waals surface area contributed by atoms with E-state index in [2.05, 4.69) is 12.5 Å². The van der Waals surface area contributed by atoms with Crippen molar-refractivity contribution in [1.82, 2.24) is 0 Å². The summed E-state index contributed by atoms with van der Waals surface area (Å²) in [6, 6.07) is 0. The minimum atomic E-state index is 0.783. The molecular weight excluding hydrogens is 96.1 g/mol. The molecule has 1 fully saturated rings. The van der Waals surface area contributed by atoms with E-state index in [1.54, 1.807) is 0 Å². The number of hydrogen-bond acceptors (Lipinski definition) is 0. The average molecular weight is 106 g/mol. The van der Waals surface area contributed by atoms with Crippen molar-refractivity contribution in [1.29, 1.82) is 0 Å². The molecule has 0 aromatic carbocycles. The summed E-state index contributed by atoms with van der Waals surface area (Å²) in [7, 11) is 0. The summed E-state index contributed by atoms with van der Waals surface area (Å²) >= 11 is 0. The van der Waals surface area contributed by atoms with Crippen molar-refractivity contribution >= 4 is 0 Å². The van der Waals surface area contributed by atoms with Crippen molar-refractivity contribution in [2.24, 2.45) is 5.92 Å². The fourth-order valence-corrected chi connectivity index (χ4v) is 0.821. The topological polar surface area (TPSA) is 0 Å². The molecule has 0 radical (unpaired) electrons. The second-order valence-electron chi connectivity index (χ2n) is 2.30. The van der Waals surface area contributed by atoms with Crippen molar-refractivity contribution in [2.75, 3.05) is 0 Å². The van der Waals surface area contributed by atoms with Crippen molar-refractivity contribution in [2.45, 2.75) is 19.3 Å². The van der Waals surface area contributed by atoms with Crippen LogP contribution in [0.25, 0.3) is 0 Å². The van der Waals surface area contributed by atoms with E-state index in [1.807, 2.05) is 0 Å². The van der Waals surface area contributed by atoms with Crippen LogP contribution < -0.4 is 0 Å². The van der Waals surface area contributed by atoms with Gasteiger partial charge in [-0.05, 0) is 18.8 Å². The van der Waals surface area contributed by atoms with Crippen molar-refractivity contribution in [3.63, 3.8) is 0 Å². The molecule has 0 N–H and O–H groups in total. The standard InChI is InChI=1S/C8H10/c1-3-4-5-8-6-7(8)2/h1,8H,2,4-6H2. The molecule has 0 amide bonds. The van der Waals surface area contributed by atoms with Crippen LogP contribution in [0.4, 0.5) is 0 Å². The molecule has 1 rings (SSSR count). The minimum Gasteiger partial charge on any atom is -0.120 e. The molecule has 0 heteroatoms. The van der Waals surface area contributed by atoms with Crippen LogP contribution in [0.3, 0.4) is 0 Å². The van der Waals surface area contributed by atoms with Crippen molar-refractivity contribution in [3.8, 4) is 12.3 Å². The normalized spacial score (nSPS) is 24.9. The predicted molar refractivity (Wildman–Crippen MR) is 35.3 cm³/mol. The summed E-state index contributed by atoms with van der Waals surface area (Å²) in [6.07, 6.45) is 8.38. The summed E-state index contributed by atoms with van der Waals surface area (Å²) in [4.78, 5) is 0. The van der Waals surface area contributed by atoms with E-state index >= 15 is 0 Å². The van der Waals surface area contributed by atoms with Crippen LogP contribution in [0.2, 0.25) is 0 Å². The van der Waals surface area contributed by atoms with Gasteiger partial charge in [0.25, 0.3) is 0 Å². The molecule has 8 heavy (non-hydrogen) atoms. The lowest BCUT2D eigenvalue weighted by molar-refractivity contribution is 0.776. The van der Waals surface area contributed by atoms with Crippen molar-refractivity contribution < 1.29 is 0 Å². The van der Waals surface area contributed by atoms with E-state index in [0.717, 1.165) is 18.8 Å². The van der Waals surface area contributed by atoms with Crippen LogP contribution in [0.15, 0.2) is 12.2 Å². The first kappa shape index (κ1) is 5.44. The Hall–Kier alpha value is -0.700. The van der Waals surface area contributed by atoms with E-state index in [4.69, 9.17) is 6.42 Å². The van der Waals surface area contributed by atoms with E-state index in [-0.39, 0.29) is 0 Å². The van der Waals surface area contributed by atoms with Gasteiger partial charge in [-0.15, -0.1) is 12.3 Å². The zero-order valence-electron chi connectivity index (χ0n) is 4.98. The fourth-order valence-electron chi connectivity index (χ4n) is 0.821. The molecule has 42 valence electrons. The lowest BCUT2D eigenvalue weighted by Gasteiger charge is -1.83. The summed E-state index contributed by atoms with van der Waals surface area (Å²) < 4.78 is 0. The Morgan fingerprint density at radius 3 is 2.88 bits per heavy atom. The first-order chi connectivity index (χ1) is 3.84. The number of rotatable bonds is 2. The molecule has 0 heterocycles. The van der Waals surface area contributed by atoms with Gasteiger partial charge in [0.05, 0.1) is 0 Å². The lowest BCUT2D eigenvalue weighted by atomic mass is 10.2. The van der Waals surface area contributed by atoms with Gasteiger partial charge >= 0.3 is 0 Å². The second kappa shape index (κ2) is 2.05. The van der Waals surface area contributed by atoms with Gasteiger partial charge in [0.15, 0.2) is 0 Å². The largest absolute Gasteiger partial charge is 0.120 e. The average Bonchev–Trinajstić information content (AvgIpc) is 2.42. The van der Waals surface area contributed by atoms with Gasteiger partial charge in [0.2, 0.25) is 0 Å². The molecule has 1 atom stereocenters. The lowest BCUT2D eigenvalue weighted by Crippen LogP contribution is -1.71. The molecule has 0 nitrogen and oxygen atoms in total. The summed E-state index contributed by atoms with van der Waals surface area (Å²) in [6.45, 7) is 3.83. The number of terminal acetylenes is 1. The number of allylic oxidation sites excluding steroid dienone is 1. The summed E-state index contributed by atoms with van der Waals surface area (Å²) in [5.41, 5.74) is 1.39. The molecule has 0 saturated heterocycles. The molecule has 1 aliphatic carbocycles. The van der Waals surface area contributed by atoms with Crippen LogP contribution in [0.5, 0.6) is 0 Å². The van der Waals surface area contributed by atoms with Crippen LogP contribution in [-0.2, 0) is 0 Å². The van der Waals surface area contributed by atoms with Crippen LogP contribution in [0, 0.1) is 18.3 Å². The Morgan fingerprint density at radius 1 is 1.88 bits per heavy atom. The van der Waals surface area contributed by atoms with Gasteiger partial charge in [-0.1, -0.05) is 12.2 Å². The highest BCUT2D eigenvalue weighted by Crippen LogP contribution is 2.39. The molecule has 0 bridgehead atoms. The molecular formula is C8H10. The van der Waals surface area contributed by atoms with E-state index in [9.17, 15) is 0 Å². The fraction of sp³-hybridized carbons (Fsp3) is 0.500. The van der Waals surface area contributed by atoms with Crippen LogP contribution in [-0.4, -0.2) is 0 Å². The SMILES string of the molecule is C#CCCC1CC1=C. The molecule has 1 saturated carbocycles. The smallest absolute Gasteiger partial charge is 0.00918 e. The van der Waals surface area contributed by atoms with Gasteiger partial charge in [0, 0.05) is 6.42 Å². The molecule has 0 spiro atoms. The highest BCUT2D eigenvalue weighted by molar-refractivity contribution is 5.18. The molecule has 1 unspecified atom stereocenters. The van der Waals surface area contributed by atoms with Crippen LogP contribution >= 0.6 is 0 Å². The maximum atomic E-state index is 5.07. The highest BCUT2D eigenvalue weighted by Gasteiger charge is 2.25. The maximum absolute atomic E-state index is 5.07. The van der Waals surface area contributed by atoms with E-state index < -0.39 is 0 Å². The molecule has 0 aromatic rings. The first-order valence-electron chi connectivity index (χ1n) is 2.95. The van der Waals surface area contributed by atoms with Crippen molar-refractivity contribution in [3.05, 3.63) is 12.2 Å². The highest BCUT2D eigenvalue weighted by atomic mass is 14.3. The Morgan fingerprint density at radius 2 is 2.50 bits per heavy atom. The molecule has 0 aromatic heterocycles. The monoisotopic (exact) mass is 106 g/mol. The third-order valence-electron chi connectivity index (χ3n) is 1.56. The van der Waals surface area contributed by atoms with Gasteiger partial charge in [0.1, 0.15) is 0 Å². The van der Waals surface area contributed by atoms with Gasteiger partial charge in [-0.3, -0.25) is 0 Å². The predicted octanol–water partition coefficient (Wildman–Crippen LogP) is 1.98. The van der Waals surface area contributed by atoms with E-state index in [0.29, 0.717) is 0 Å². The molecule has 0 aliphatic heterocycles. The Kier molecular flexibility index (Phi) is 1.39. The van der Waals surface area contributed by atoms with Gasteiger partial charge < -0.3 is 0 Å². The zero-order valence-corrected chi connectivity index (χ0v) is 4.98. The summed E-state index contributed by atoms with van der Waals surface area (Å²) in [5.74, 6) is 3.40. The van der Waals surface area contributed by atoms with Gasteiger partial charge in [-0.2, -0.15) is 0 Å². The van der Waals surface area contributed by atoms with Crippen LogP contribution in [0.1, 0.15) is 19.3 Å². The third kappa shape index (κ3) is 1.13. The minimum absolute atomic E-state index is 0.783. The van der Waals surface area contributed by atoms with E-state index in [1.165, 1.54) is 12.0 Å². The Bertz CT molecular complexity index is 137. The second-order valence-corrected chi connectivity index (χ2v) is 2.30. The number of hydrogen-bond donors (Lipinski definition) is 0. The molecule has 1 aliphatic rings. The Labute approximate surface area is 50.6 Å². The first-order valence-corrected chi connectivity index (χ1v) is 2.95. The summed E-state index contributed by atoms with van der Waals surface area (Å²) in [5, 5.41) is 0. The quantitative estimate of drug-likeness (QED) is 0.373. The Balaban J connectivity index is 2.07. The third-order valence-corrected chi connectivity index (χ3v) is 1.56. The van der Waals surface area contributed by atoms with Gasteiger partial charge in [-0.25, -0.2) is 0 Å². The zero-order chi connectivity index (χ0) is 5.98. The maximum Gasteiger partial charge on any atom is 0.00918 e.